The highest BCUT2D eigenvalue weighted by atomic mass is 19.4. The van der Waals surface area contributed by atoms with E-state index in [2.05, 4.69) is 31.2 Å². The van der Waals surface area contributed by atoms with Crippen molar-refractivity contribution in [2.24, 2.45) is 0 Å². The largest absolute Gasteiger partial charge is 0.416 e. The normalized spacial score (nSPS) is 18.3. The van der Waals surface area contributed by atoms with Gasteiger partial charge in [-0.1, -0.05) is 12.8 Å². The monoisotopic (exact) mass is 538 g/mol. The van der Waals surface area contributed by atoms with Gasteiger partial charge in [-0.15, -0.1) is 0 Å². The van der Waals surface area contributed by atoms with Crippen LogP contribution in [0.3, 0.4) is 0 Å². The molecule has 8 nitrogen and oxygen atoms in total. The number of alkyl halides is 3. The Bertz CT molecular complexity index is 1500. The molecule has 1 aliphatic heterocycles. The van der Waals surface area contributed by atoms with E-state index in [1.807, 2.05) is 10.6 Å². The molecule has 1 aliphatic carbocycles. The Kier molecular flexibility index (Phi) is 6.49. The first kappa shape index (κ1) is 25.7. The van der Waals surface area contributed by atoms with E-state index in [-0.39, 0.29) is 5.69 Å². The number of piperazine rings is 1. The number of nitrogens with two attached hydrogens (primary N) is 1. The number of hydrogen-bond acceptors (Lipinski definition) is 7. The number of nitrogen functional groups attached to an aromatic ring is 1. The van der Waals surface area contributed by atoms with Crippen LogP contribution in [0.5, 0.6) is 0 Å². The van der Waals surface area contributed by atoms with E-state index in [0.29, 0.717) is 28.9 Å². The number of benzene rings is 1. The molecule has 39 heavy (non-hydrogen) atoms. The second-order valence-electron chi connectivity index (χ2n) is 10.7. The zero-order valence-electron chi connectivity index (χ0n) is 22.2. The molecule has 1 atom stereocenters. The molecule has 4 aromatic rings. The van der Waals surface area contributed by atoms with Gasteiger partial charge in [0.05, 0.1) is 22.7 Å². The fourth-order valence-corrected chi connectivity index (χ4v) is 6.07. The maximum Gasteiger partial charge on any atom is 0.416 e. The minimum atomic E-state index is -4.48. The van der Waals surface area contributed by atoms with Crippen LogP contribution >= 0.6 is 0 Å². The number of rotatable bonds is 5. The zero-order valence-corrected chi connectivity index (χ0v) is 22.2. The van der Waals surface area contributed by atoms with Crippen LogP contribution in [0.1, 0.15) is 55.6 Å². The summed E-state index contributed by atoms with van der Waals surface area (Å²) < 4.78 is 42.3. The van der Waals surface area contributed by atoms with Crippen LogP contribution in [-0.4, -0.2) is 56.5 Å². The SMILES string of the molecule is Cc1nc(N[C@H](C)c2cc(N)cc(C(F)(F)F)c2)c2cc(N3CCN(C4CCCC4)CC3)c3nccn3c2n1. The number of nitrogens with one attached hydrogen (secondary N) is 1. The lowest BCUT2D eigenvalue weighted by Crippen LogP contribution is -2.49. The van der Waals surface area contributed by atoms with Crippen molar-refractivity contribution >= 4 is 33.9 Å². The molecule has 0 bridgehead atoms. The summed E-state index contributed by atoms with van der Waals surface area (Å²) in [7, 11) is 0. The third-order valence-corrected chi connectivity index (χ3v) is 8.07. The van der Waals surface area contributed by atoms with E-state index in [4.69, 9.17) is 10.7 Å². The molecule has 2 fully saturated rings. The summed E-state index contributed by atoms with van der Waals surface area (Å²) in [6.45, 7) is 7.44. The number of aromatic nitrogens is 4. The van der Waals surface area contributed by atoms with Crippen molar-refractivity contribution in [1.29, 1.82) is 0 Å². The third-order valence-electron chi connectivity index (χ3n) is 8.07. The molecule has 4 heterocycles. The minimum absolute atomic E-state index is 0.0661. The fourth-order valence-electron chi connectivity index (χ4n) is 6.07. The Labute approximate surface area is 225 Å². The fraction of sp³-hybridized carbons (Fsp3) is 0.464. The maximum atomic E-state index is 13.4. The van der Waals surface area contributed by atoms with Gasteiger partial charge in [-0.25, -0.2) is 15.0 Å². The first-order valence-corrected chi connectivity index (χ1v) is 13.5. The van der Waals surface area contributed by atoms with Gasteiger partial charge in [0.2, 0.25) is 0 Å². The predicted octanol–water partition coefficient (Wildman–Crippen LogP) is 5.42. The quantitative estimate of drug-likeness (QED) is 0.328. The lowest BCUT2D eigenvalue weighted by Gasteiger charge is -2.39. The molecular formula is C28H33F3N8. The van der Waals surface area contributed by atoms with E-state index in [0.717, 1.165) is 55.0 Å². The van der Waals surface area contributed by atoms with Gasteiger partial charge in [0, 0.05) is 50.3 Å². The highest BCUT2D eigenvalue weighted by molar-refractivity contribution is 5.94. The number of anilines is 3. The summed E-state index contributed by atoms with van der Waals surface area (Å²) in [6, 6.07) is 5.94. The van der Waals surface area contributed by atoms with Crippen molar-refractivity contribution < 1.29 is 13.2 Å². The number of fused-ring (bicyclic) bond motifs is 3. The van der Waals surface area contributed by atoms with Gasteiger partial charge in [0.25, 0.3) is 0 Å². The predicted molar refractivity (Wildman–Crippen MR) is 147 cm³/mol. The number of pyridine rings is 1. The van der Waals surface area contributed by atoms with Crippen LogP contribution < -0.4 is 16.0 Å². The van der Waals surface area contributed by atoms with Gasteiger partial charge in [0.1, 0.15) is 11.6 Å². The molecular weight excluding hydrogens is 505 g/mol. The Morgan fingerprint density at radius 1 is 1.00 bits per heavy atom. The van der Waals surface area contributed by atoms with Crippen molar-refractivity contribution in [3.63, 3.8) is 0 Å². The van der Waals surface area contributed by atoms with Crippen LogP contribution in [0.25, 0.3) is 16.7 Å². The molecule has 0 radical (unpaired) electrons. The maximum absolute atomic E-state index is 13.4. The van der Waals surface area contributed by atoms with Crippen LogP contribution in [0.2, 0.25) is 0 Å². The van der Waals surface area contributed by atoms with E-state index in [1.54, 1.807) is 26.1 Å². The highest BCUT2D eigenvalue weighted by Gasteiger charge is 2.32. The van der Waals surface area contributed by atoms with Crippen molar-refractivity contribution in [2.75, 3.05) is 42.1 Å². The second-order valence-corrected chi connectivity index (χ2v) is 10.7. The number of aryl methyl sites for hydroxylation is 1. The van der Waals surface area contributed by atoms with Gasteiger partial charge < -0.3 is 16.0 Å². The summed E-state index contributed by atoms with van der Waals surface area (Å²) in [5, 5.41) is 4.13. The number of imidazole rings is 1. The van der Waals surface area contributed by atoms with Gasteiger partial charge >= 0.3 is 6.18 Å². The van der Waals surface area contributed by atoms with Gasteiger partial charge in [-0.2, -0.15) is 13.2 Å². The minimum Gasteiger partial charge on any atom is -0.399 e. The average Bonchev–Trinajstić information content (AvgIpc) is 3.61. The van der Waals surface area contributed by atoms with E-state index in [9.17, 15) is 13.2 Å². The van der Waals surface area contributed by atoms with Crippen molar-refractivity contribution in [3.05, 3.63) is 53.6 Å². The molecule has 0 unspecified atom stereocenters. The number of halogens is 3. The van der Waals surface area contributed by atoms with E-state index in [1.165, 1.54) is 25.7 Å². The molecule has 0 amide bonds. The first-order valence-electron chi connectivity index (χ1n) is 13.5. The molecule has 1 saturated heterocycles. The summed E-state index contributed by atoms with van der Waals surface area (Å²) in [4.78, 5) is 19.0. The number of nitrogens with zero attached hydrogens (tertiary/aromatic N) is 6. The molecule has 3 N–H and O–H groups in total. The molecule has 1 aromatic carbocycles. The van der Waals surface area contributed by atoms with Gasteiger partial charge in [0.15, 0.2) is 11.3 Å². The molecule has 1 saturated carbocycles. The molecule has 6 rings (SSSR count). The van der Waals surface area contributed by atoms with Gasteiger partial charge in [-0.3, -0.25) is 9.30 Å². The Balaban J connectivity index is 1.35. The zero-order chi connectivity index (χ0) is 27.3. The van der Waals surface area contributed by atoms with Crippen LogP contribution in [-0.2, 0) is 6.18 Å². The average molecular weight is 539 g/mol. The summed E-state index contributed by atoms with van der Waals surface area (Å²) >= 11 is 0. The Hall–Kier alpha value is -3.60. The molecule has 11 heteroatoms. The Morgan fingerprint density at radius 2 is 1.74 bits per heavy atom. The second kappa shape index (κ2) is 9.86. The number of hydrogen-bond donors (Lipinski definition) is 2. The standard InChI is InChI=1S/C28H33F3N8/c1-17(19-13-20(28(29,30)31)15-21(32)14-19)34-25-23-16-24(27-33-7-8-39(27)26(23)36-18(2)35-25)38-11-9-37(10-12-38)22-5-3-4-6-22/h7-8,13-17,22H,3-6,9-12,32H2,1-2H3,(H,34,35,36)/t17-/m1/s1. The molecule has 206 valence electrons. The highest BCUT2D eigenvalue weighted by Crippen LogP contribution is 2.35. The molecule has 2 aliphatic rings. The smallest absolute Gasteiger partial charge is 0.399 e. The van der Waals surface area contributed by atoms with Crippen molar-refractivity contribution in [1.82, 2.24) is 24.3 Å². The molecule has 0 spiro atoms. The van der Waals surface area contributed by atoms with Gasteiger partial charge in [-0.05, 0) is 56.5 Å². The van der Waals surface area contributed by atoms with Crippen LogP contribution in [0.4, 0.5) is 30.4 Å². The lowest BCUT2D eigenvalue weighted by atomic mass is 10.0. The van der Waals surface area contributed by atoms with Crippen molar-refractivity contribution in [3.8, 4) is 0 Å². The molecule has 3 aromatic heterocycles. The van der Waals surface area contributed by atoms with Crippen LogP contribution in [0, 0.1) is 6.92 Å². The third kappa shape index (κ3) is 4.95. The lowest BCUT2D eigenvalue weighted by molar-refractivity contribution is -0.137. The van der Waals surface area contributed by atoms with E-state index < -0.39 is 17.8 Å². The van der Waals surface area contributed by atoms with Crippen LogP contribution in [0.15, 0.2) is 36.7 Å². The Morgan fingerprint density at radius 3 is 2.46 bits per heavy atom. The van der Waals surface area contributed by atoms with Crippen molar-refractivity contribution in [2.45, 2.75) is 57.8 Å². The summed E-state index contributed by atoms with van der Waals surface area (Å²) in [5.41, 5.74) is 8.09. The topological polar surface area (TPSA) is 87.6 Å². The summed E-state index contributed by atoms with van der Waals surface area (Å²) in [5.74, 6) is 1.11. The summed E-state index contributed by atoms with van der Waals surface area (Å²) in [6.07, 6.45) is 4.42. The first-order chi connectivity index (χ1) is 18.7. The van der Waals surface area contributed by atoms with E-state index >= 15 is 0 Å².